The van der Waals surface area contributed by atoms with Crippen molar-refractivity contribution >= 4 is 28.2 Å². The van der Waals surface area contributed by atoms with Crippen LogP contribution in [0.25, 0.3) is 0 Å². The van der Waals surface area contributed by atoms with E-state index in [0.29, 0.717) is 36.5 Å². The molecule has 4 rings (SSSR count). The number of nitrogens with zero attached hydrogens (tertiary/aromatic N) is 3. The van der Waals surface area contributed by atoms with Crippen molar-refractivity contribution < 1.29 is 14.3 Å². The summed E-state index contributed by atoms with van der Waals surface area (Å²) in [4.78, 5) is 32.4. The fraction of sp³-hybridized carbons (Fsp3) is 0.308. The number of ether oxygens (including phenoxy) is 1. The molecule has 1 aromatic carbocycles. The van der Waals surface area contributed by atoms with E-state index in [1.807, 2.05) is 48.2 Å². The van der Waals surface area contributed by atoms with Crippen molar-refractivity contribution in [3.05, 3.63) is 75.9 Å². The molecule has 8 heteroatoms. The van der Waals surface area contributed by atoms with Crippen LogP contribution in [0.1, 0.15) is 46.4 Å². The highest BCUT2D eigenvalue weighted by molar-refractivity contribution is 7.16. The van der Waals surface area contributed by atoms with Crippen LogP contribution in [0.4, 0.5) is 5.00 Å². The van der Waals surface area contributed by atoms with E-state index in [9.17, 15) is 14.9 Å². The molecule has 0 aliphatic carbocycles. The third-order valence-corrected chi connectivity index (χ3v) is 7.17. The number of para-hydroxylation sites is 1. The molecule has 1 N–H and O–H groups in total. The third-order valence-electron chi connectivity index (χ3n) is 6.04. The third kappa shape index (κ3) is 5.10. The number of hydrogen-bond acceptors (Lipinski definition) is 6. The number of methoxy groups -OCH3 is 1. The predicted octanol–water partition coefficient (Wildman–Crippen LogP) is 4.28. The first-order valence-electron chi connectivity index (χ1n) is 11.1. The maximum Gasteiger partial charge on any atom is 0.227 e. The van der Waals surface area contributed by atoms with Crippen molar-refractivity contribution in [3.8, 4) is 11.8 Å². The molecule has 0 saturated heterocycles. The van der Waals surface area contributed by atoms with Gasteiger partial charge in [0.2, 0.25) is 11.8 Å². The molecule has 1 unspecified atom stereocenters. The highest BCUT2D eigenvalue weighted by Gasteiger charge is 2.28. The highest BCUT2D eigenvalue weighted by Crippen LogP contribution is 2.37. The zero-order valence-corrected chi connectivity index (χ0v) is 20.0. The lowest BCUT2D eigenvalue weighted by atomic mass is 9.96. The van der Waals surface area contributed by atoms with E-state index in [1.54, 1.807) is 19.5 Å². The Morgan fingerprint density at radius 1 is 1.26 bits per heavy atom. The summed E-state index contributed by atoms with van der Waals surface area (Å²) >= 11 is 1.39. The second kappa shape index (κ2) is 10.5. The van der Waals surface area contributed by atoms with E-state index < -0.39 is 0 Å². The van der Waals surface area contributed by atoms with Crippen molar-refractivity contribution in [2.45, 2.75) is 38.6 Å². The van der Waals surface area contributed by atoms with Crippen LogP contribution in [-0.2, 0) is 29.0 Å². The Labute approximate surface area is 203 Å². The summed E-state index contributed by atoms with van der Waals surface area (Å²) in [7, 11) is 1.62. The number of rotatable bonds is 7. The monoisotopic (exact) mass is 474 g/mol. The molecule has 34 heavy (non-hydrogen) atoms. The van der Waals surface area contributed by atoms with Crippen molar-refractivity contribution in [2.75, 3.05) is 19.0 Å². The summed E-state index contributed by atoms with van der Waals surface area (Å²) in [5, 5.41) is 13.3. The number of anilines is 1. The molecule has 3 heterocycles. The second-order valence-corrected chi connectivity index (χ2v) is 9.42. The maximum absolute atomic E-state index is 12.8. The fourth-order valence-electron chi connectivity index (χ4n) is 4.25. The second-order valence-electron chi connectivity index (χ2n) is 8.31. The lowest BCUT2D eigenvalue weighted by Crippen LogP contribution is -2.36. The molecule has 0 spiro atoms. The van der Waals surface area contributed by atoms with Crippen LogP contribution in [-0.4, -0.2) is 35.4 Å². The molecule has 2 amide bonds. The van der Waals surface area contributed by atoms with E-state index in [1.165, 1.54) is 11.3 Å². The Bertz CT molecular complexity index is 1230. The normalized spacial score (nSPS) is 13.5. The van der Waals surface area contributed by atoms with Crippen LogP contribution in [0.15, 0.2) is 48.8 Å². The zero-order chi connectivity index (χ0) is 24.1. The number of benzene rings is 1. The quantitative estimate of drug-likeness (QED) is 0.551. The SMILES string of the molecule is COc1ccccc1C(C)CC(=O)Nc1sc2c(c1C#N)CCN(C(=O)Cc1ccncc1)C2. The average Bonchev–Trinajstić information content (AvgIpc) is 3.20. The van der Waals surface area contributed by atoms with E-state index >= 15 is 0 Å². The molecule has 0 bridgehead atoms. The van der Waals surface area contributed by atoms with Gasteiger partial charge in [-0.1, -0.05) is 25.1 Å². The minimum absolute atomic E-state index is 0.0416. The van der Waals surface area contributed by atoms with Gasteiger partial charge in [-0.05, 0) is 47.2 Å². The smallest absolute Gasteiger partial charge is 0.227 e. The predicted molar refractivity (Wildman–Crippen MR) is 131 cm³/mol. The van der Waals surface area contributed by atoms with Gasteiger partial charge < -0.3 is 15.0 Å². The summed E-state index contributed by atoms with van der Waals surface area (Å²) in [6.45, 7) is 2.99. The Kier molecular flexibility index (Phi) is 7.24. The van der Waals surface area contributed by atoms with Gasteiger partial charge in [0.1, 0.15) is 16.8 Å². The Morgan fingerprint density at radius 3 is 2.76 bits per heavy atom. The molecular weight excluding hydrogens is 448 g/mol. The lowest BCUT2D eigenvalue weighted by Gasteiger charge is -2.27. The van der Waals surface area contributed by atoms with E-state index in [0.717, 1.165) is 27.3 Å². The molecule has 7 nitrogen and oxygen atoms in total. The Morgan fingerprint density at radius 2 is 2.03 bits per heavy atom. The van der Waals surface area contributed by atoms with Crippen molar-refractivity contribution in [3.63, 3.8) is 0 Å². The van der Waals surface area contributed by atoms with E-state index in [-0.39, 0.29) is 24.2 Å². The lowest BCUT2D eigenvalue weighted by molar-refractivity contribution is -0.131. The highest BCUT2D eigenvalue weighted by atomic mass is 32.1. The number of carbonyl (C=O) groups is 2. The van der Waals surface area contributed by atoms with Crippen LogP contribution in [0.5, 0.6) is 5.75 Å². The molecule has 0 fully saturated rings. The van der Waals surface area contributed by atoms with Crippen LogP contribution in [0.2, 0.25) is 0 Å². The van der Waals surface area contributed by atoms with Crippen LogP contribution < -0.4 is 10.1 Å². The van der Waals surface area contributed by atoms with Gasteiger partial charge in [0.25, 0.3) is 0 Å². The fourth-order valence-corrected chi connectivity index (χ4v) is 5.48. The standard InChI is InChI=1S/C26H26N4O3S/c1-17(19-5-3-4-6-22(19)33-2)13-24(31)29-26-21(15-27)20-9-12-30(16-23(20)34-26)25(32)14-18-7-10-28-11-8-18/h3-8,10-11,17H,9,12-14,16H2,1-2H3,(H,29,31). The summed E-state index contributed by atoms with van der Waals surface area (Å²) in [5.41, 5.74) is 3.34. The van der Waals surface area contributed by atoms with Crippen LogP contribution in [0, 0.1) is 11.3 Å². The minimum atomic E-state index is -0.154. The molecular formula is C26H26N4O3S. The molecule has 0 saturated carbocycles. The molecule has 1 aliphatic rings. The average molecular weight is 475 g/mol. The zero-order valence-electron chi connectivity index (χ0n) is 19.2. The molecule has 0 radical (unpaired) electrons. The number of fused-ring (bicyclic) bond motifs is 1. The summed E-state index contributed by atoms with van der Waals surface area (Å²) in [6.07, 6.45) is 4.55. The molecule has 1 aliphatic heterocycles. The molecule has 3 aromatic rings. The largest absolute Gasteiger partial charge is 0.496 e. The maximum atomic E-state index is 12.8. The van der Waals surface area contributed by atoms with Crippen LogP contribution in [0.3, 0.4) is 0 Å². The van der Waals surface area contributed by atoms with Gasteiger partial charge in [-0.25, -0.2) is 0 Å². The van der Waals surface area contributed by atoms with Crippen molar-refractivity contribution in [1.82, 2.24) is 9.88 Å². The first-order chi connectivity index (χ1) is 16.5. The van der Waals surface area contributed by atoms with Gasteiger partial charge in [0.15, 0.2) is 0 Å². The summed E-state index contributed by atoms with van der Waals surface area (Å²) in [6, 6.07) is 13.6. The topological polar surface area (TPSA) is 95.3 Å². The van der Waals surface area contributed by atoms with Gasteiger partial charge in [-0.15, -0.1) is 11.3 Å². The molecule has 2 aromatic heterocycles. The first kappa shape index (κ1) is 23.5. The Hall–Kier alpha value is -3.70. The van der Waals surface area contributed by atoms with E-state index in [2.05, 4.69) is 16.4 Å². The Balaban J connectivity index is 1.44. The number of nitrogens with one attached hydrogen (secondary N) is 1. The van der Waals surface area contributed by atoms with Crippen molar-refractivity contribution in [1.29, 1.82) is 5.26 Å². The van der Waals surface area contributed by atoms with Gasteiger partial charge >= 0.3 is 0 Å². The number of hydrogen-bond donors (Lipinski definition) is 1. The van der Waals surface area contributed by atoms with Crippen molar-refractivity contribution in [2.24, 2.45) is 0 Å². The molecule has 1 atom stereocenters. The summed E-state index contributed by atoms with van der Waals surface area (Å²) < 4.78 is 5.42. The van der Waals surface area contributed by atoms with E-state index in [4.69, 9.17) is 4.74 Å². The first-order valence-corrected chi connectivity index (χ1v) is 12.0. The van der Waals surface area contributed by atoms with Crippen LogP contribution >= 0.6 is 11.3 Å². The van der Waals surface area contributed by atoms with Gasteiger partial charge in [0, 0.05) is 30.2 Å². The van der Waals surface area contributed by atoms with Gasteiger partial charge in [-0.3, -0.25) is 14.6 Å². The summed E-state index contributed by atoms with van der Waals surface area (Å²) in [5.74, 6) is 0.597. The van der Waals surface area contributed by atoms with Gasteiger partial charge in [-0.2, -0.15) is 5.26 Å². The number of thiophene rings is 1. The number of pyridine rings is 1. The number of aromatic nitrogens is 1. The number of carbonyl (C=O) groups excluding carboxylic acids is 2. The minimum Gasteiger partial charge on any atom is -0.496 e. The number of amides is 2. The van der Waals surface area contributed by atoms with Gasteiger partial charge in [0.05, 0.1) is 25.6 Å². The molecule has 174 valence electrons. The number of nitriles is 1.